The molecular weight excluding hydrogens is 450 g/mol. The molecule has 2 heterocycles. The fourth-order valence-corrected chi connectivity index (χ4v) is 8.37. The van der Waals surface area contributed by atoms with Gasteiger partial charge in [0.2, 0.25) is 11.8 Å². The van der Waals surface area contributed by atoms with Crippen molar-refractivity contribution in [1.82, 2.24) is 15.5 Å². The molecule has 194 valence electrons. The minimum atomic E-state index is -0.538. The molecule has 0 aromatic heterocycles. The van der Waals surface area contributed by atoms with Crippen molar-refractivity contribution in [3.8, 4) is 0 Å². The van der Waals surface area contributed by atoms with Crippen LogP contribution >= 0.6 is 0 Å². The van der Waals surface area contributed by atoms with Crippen LogP contribution in [0.2, 0.25) is 0 Å². The summed E-state index contributed by atoms with van der Waals surface area (Å²) in [7, 11) is 0. The van der Waals surface area contributed by atoms with Crippen LogP contribution in [0.25, 0.3) is 0 Å². The van der Waals surface area contributed by atoms with E-state index in [-0.39, 0.29) is 17.7 Å². The molecule has 1 aromatic carbocycles. The molecule has 5 fully saturated rings. The number of piperidine rings is 1. The fourth-order valence-electron chi connectivity index (χ4n) is 8.37. The van der Waals surface area contributed by atoms with Crippen molar-refractivity contribution >= 4 is 17.7 Å². The lowest BCUT2D eigenvalue weighted by atomic mass is 9.80. The molecule has 2 aliphatic heterocycles. The zero-order chi connectivity index (χ0) is 24.7. The molecule has 0 spiro atoms. The third-order valence-corrected chi connectivity index (χ3v) is 9.95. The van der Waals surface area contributed by atoms with Crippen LogP contribution in [0.15, 0.2) is 18.2 Å². The van der Waals surface area contributed by atoms with Gasteiger partial charge in [0.1, 0.15) is 6.04 Å². The van der Waals surface area contributed by atoms with Gasteiger partial charge in [-0.05, 0) is 99.3 Å². The first-order valence-corrected chi connectivity index (χ1v) is 14.5. The van der Waals surface area contributed by atoms with E-state index in [2.05, 4.69) is 22.8 Å². The monoisotopic (exact) mass is 491 g/mol. The van der Waals surface area contributed by atoms with Crippen LogP contribution in [0.5, 0.6) is 0 Å². The number of hydrogen-bond acceptors (Lipinski definition) is 4. The van der Waals surface area contributed by atoms with Crippen molar-refractivity contribution in [3.63, 3.8) is 0 Å². The topological polar surface area (TPSA) is 78.5 Å². The third-order valence-electron chi connectivity index (χ3n) is 9.95. The number of benzene rings is 1. The summed E-state index contributed by atoms with van der Waals surface area (Å²) >= 11 is 0. The Balaban J connectivity index is 0.876. The molecule has 1 aromatic rings. The fraction of sp³-hybridized carbons (Fsp3) is 0.700. The minimum absolute atomic E-state index is 0.0895. The highest BCUT2D eigenvalue weighted by Crippen LogP contribution is 2.60. The van der Waals surface area contributed by atoms with Gasteiger partial charge in [-0.3, -0.25) is 19.7 Å². The Bertz CT molecular complexity index is 1020. The summed E-state index contributed by atoms with van der Waals surface area (Å²) in [6.45, 7) is 1.67. The van der Waals surface area contributed by atoms with Crippen LogP contribution in [0.3, 0.4) is 0 Å². The normalized spacial score (nSPS) is 32.4. The maximum Gasteiger partial charge on any atom is 0.255 e. The van der Waals surface area contributed by atoms with Crippen LogP contribution in [-0.2, 0) is 22.6 Å². The van der Waals surface area contributed by atoms with Gasteiger partial charge in [-0.2, -0.15) is 0 Å². The van der Waals surface area contributed by atoms with E-state index in [1.165, 1.54) is 82.7 Å². The summed E-state index contributed by atoms with van der Waals surface area (Å²) in [5.74, 6) is 2.37. The quantitative estimate of drug-likeness (QED) is 0.353. The Morgan fingerprint density at radius 3 is 2.47 bits per heavy atom. The van der Waals surface area contributed by atoms with Gasteiger partial charge in [-0.25, -0.2) is 0 Å². The molecule has 36 heavy (non-hydrogen) atoms. The van der Waals surface area contributed by atoms with Crippen LogP contribution in [0, 0.1) is 17.8 Å². The number of unbranched alkanes of at least 4 members (excludes halogenated alkanes) is 5. The first kappa shape index (κ1) is 24.1. The molecule has 3 atom stereocenters. The number of hydrogen-bond donors (Lipinski definition) is 2. The molecule has 7 rings (SSSR count). The van der Waals surface area contributed by atoms with Crippen molar-refractivity contribution < 1.29 is 14.4 Å². The molecule has 4 aliphatic carbocycles. The minimum Gasteiger partial charge on any atom is -0.322 e. The van der Waals surface area contributed by atoms with Crippen molar-refractivity contribution in [3.05, 3.63) is 34.9 Å². The van der Waals surface area contributed by atoms with Crippen molar-refractivity contribution in [2.24, 2.45) is 17.8 Å². The van der Waals surface area contributed by atoms with E-state index >= 15 is 0 Å². The number of nitrogens with one attached hydrogen (secondary N) is 2. The highest BCUT2D eigenvalue weighted by molar-refractivity contribution is 6.05. The number of nitrogens with zero attached hydrogens (tertiary/aromatic N) is 1. The maximum absolute atomic E-state index is 12.8. The molecule has 4 saturated carbocycles. The van der Waals surface area contributed by atoms with Gasteiger partial charge in [-0.1, -0.05) is 37.8 Å². The molecule has 0 radical (unpaired) electrons. The van der Waals surface area contributed by atoms with E-state index in [1.807, 2.05) is 6.07 Å². The molecule has 6 aliphatic rings. The Morgan fingerprint density at radius 2 is 1.69 bits per heavy atom. The second kappa shape index (κ2) is 9.92. The molecule has 1 saturated heterocycles. The second-order valence-electron chi connectivity index (χ2n) is 12.4. The predicted molar refractivity (Wildman–Crippen MR) is 138 cm³/mol. The third kappa shape index (κ3) is 4.62. The van der Waals surface area contributed by atoms with Gasteiger partial charge in [0.25, 0.3) is 5.91 Å². The number of aryl methyl sites for hydroxylation is 1. The molecule has 2 N–H and O–H groups in total. The predicted octanol–water partition coefficient (Wildman–Crippen LogP) is 4.50. The summed E-state index contributed by atoms with van der Waals surface area (Å²) < 4.78 is 0. The molecule has 3 unspecified atom stereocenters. The summed E-state index contributed by atoms with van der Waals surface area (Å²) in [4.78, 5) is 38.2. The second-order valence-corrected chi connectivity index (χ2v) is 12.4. The van der Waals surface area contributed by atoms with Gasteiger partial charge in [0.05, 0.1) is 0 Å². The van der Waals surface area contributed by atoms with E-state index in [9.17, 15) is 14.4 Å². The average Bonchev–Trinajstić information content (AvgIpc) is 3.39. The molecule has 6 heteroatoms. The molecule has 3 amide bonds. The number of carbonyl (C=O) groups excluding carboxylic acids is 3. The average molecular weight is 492 g/mol. The Morgan fingerprint density at radius 1 is 0.944 bits per heavy atom. The van der Waals surface area contributed by atoms with E-state index in [0.29, 0.717) is 30.5 Å². The van der Waals surface area contributed by atoms with E-state index in [1.54, 1.807) is 4.90 Å². The SMILES string of the molecule is O=C1CCC(N2Cc3cc(CCCCCCCCNC45CC6CC(CC4C6)C5)ccc3C2=O)C(=O)N1. The first-order valence-electron chi connectivity index (χ1n) is 14.5. The van der Waals surface area contributed by atoms with Gasteiger partial charge >= 0.3 is 0 Å². The standard InChI is InChI=1S/C30H41N3O3/c34-27-11-10-26(28(35)32-27)33-19-23-14-20(8-9-25(23)29(33)36)7-5-3-1-2-4-6-12-31-30-17-21-13-22(18-30)16-24(30)15-21/h8-9,14,21-22,24,26,31H,1-7,10-13,15-19H2,(H,32,34,35). The van der Waals surface area contributed by atoms with Crippen LogP contribution in [-0.4, -0.2) is 40.7 Å². The number of rotatable bonds is 11. The van der Waals surface area contributed by atoms with Gasteiger partial charge in [-0.15, -0.1) is 0 Å². The van der Waals surface area contributed by atoms with E-state index in [0.717, 1.165) is 29.7 Å². The first-order chi connectivity index (χ1) is 17.5. The Hall–Kier alpha value is -2.21. The zero-order valence-electron chi connectivity index (χ0n) is 21.5. The summed E-state index contributed by atoms with van der Waals surface area (Å²) in [6.07, 6.45) is 16.9. The molecular formula is C30H41N3O3. The smallest absolute Gasteiger partial charge is 0.255 e. The van der Waals surface area contributed by atoms with Crippen LogP contribution in [0.4, 0.5) is 0 Å². The molecule has 6 nitrogen and oxygen atoms in total. The van der Waals surface area contributed by atoms with Crippen molar-refractivity contribution in [2.75, 3.05) is 6.54 Å². The maximum atomic E-state index is 12.8. The lowest BCUT2D eigenvalue weighted by molar-refractivity contribution is -0.136. The Kier molecular flexibility index (Phi) is 6.65. The van der Waals surface area contributed by atoms with Crippen molar-refractivity contribution in [2.45, 2.75) is 108 Å². The number of carbonyl (C=O) groups is 3. The lowest BCUT2D eigenvalue weighted by Gasteiger charge is -2.34. The van der Waals surface area contributed by atoms with E-state index in [4.69, 9.17) is 0 Å². The largest absolute Gasteiger partial charge is 0.322 e. The van der Waals surface area contributed by atoms with E-state index < -0.39 is 6.04 Å². The summed E-state index contributed by atoms with van der Waals surface area (Å²) in [5, 5.41) is 6.40. The van der Waals surface area contributed by atoms with Gasteiger partial charge < -0.3 is 10.2 Å². The van der Waals surface area contributed by atoms with Gasteiger partial charge in [0.15, 0.2) is 0 Å². The lowest BCUT2D eigenvalue weighted by Crippen LogP contribution is -2.52. The Labute approximate surface area is 215 Å². The summed E-state index contributed by atoms with van der Waals surface area (Å²) in [6, 6.07) is 5.60. The highest BCUT2D eigenvalue weighted by Gasteiger charge is 2.57. The van der Waals surface area contributed by atoms with Crippen LogP contribution < -0.4 is 10.6 Å². The van der Waals surface area contributed by atoms with Gasteiger partial charge in [0, 0.05) is 24.1 Å². The van der Waals surface area contributed by atoms with Crippen LogP contribution in [0.1, 0.15) is 105 Å². The highest BCUT2D eigenvalue weighted by atomic mass is 16.2. The number of fused-ring (bicyclic) bond motifs is 1. The van der Waals surface area contributed by atoms with Crippen molar-refractivity contribution in [1.29, 1.82) is 0 Å². The molecule has 4 bridgehead atoms. The number of imide groups is 1. The number of amides is 3. The zero-order valence-corrected chi connectivity index (χ0v) is 21.5. The summed E-state index contributed by atoms with van der Waals surface area (Å²) in [5.41, 5.74) is 3.52.